The molecule has 0 saturated heterocycles. The van der Waals surface area contributed by atoms with Gasteiger partial charge in [0.05, 0.1) is 17.2 Å². The molecule has 19 heavy (non-hydrogen) atoms. The van der Waals surface area contributed by atoms with Crippen LogP contribution in [-0.2, 0) is 0 Å². The summed E-state index contributed by atoms with van der Waals surface area (Å²) in [7, 11) is 0. The molecular weight excluding hydrogens is 264 g/mol. The molecule has 94 valence electrons. The molecule has 0 aliphatic carbocycles. The molecule has 0 amide bonds. The molecule has 0 radical (unpaired) electrons. The summed E-state index contributed by atoms with van der Waals surface area (Å²) < 4.78 is 5.53. The van der Waals surface area contributed by atoms with Crippen molar-refractivity contribution in [2.75, 3.05) is 0 Å². The van der Waals surface area contributed by atoms with Gasteiger partial charge in [0.15, 0.2) is 0 Å². The molecule has 0 bridgehead atoms. The number of ether oxygens (including phenoxy) is 1. The predicted molar refractivity (Wildman–Crippen MR) is 72.7 cm³/mol. The lowest BCUT2D eigenvalue weighted by atomic mass is 10.3. The number of fused-ring (bicyclic) bond motifs is 1. The van der Waals surface area contributed by atoms with Gasteiger partial charge in [-0.15, -0.1) is 0 Å². The van der Waals surface area contributed by atoms with Crippen LogP contribution in [0.3, 0.4) is 0 Å². The van der Waals surface area contributed by atoms with Gasteiger partial charge in [-0.1, -0.05) is 17.7 Å². The molecule has 0 aliphatic rings. The van der Waals surface area contributed by atoms with E-state index in [1.807, 2.05) is 0 Å². The number of benzene rings is 2. The Kier molecular flexibility index (Phi) is 2.93. The van der Waals surface area contributed by atoms with E-state index in [-0.39, 0.29) is 5.75 Å². The standard InChI is InChI=1S/C14H9ClN2O2/c15-9-4-5-12-13(6-9)16-8-14(17-12)19-11-3-1-2-10(18)7-11/h1-8,18H. The first-order valence-electron chi connectivity index (χ1n) is 5.60. The largest absolute Gasteiger partial charge is 0.508 e. The Morgan fingerprint density at radius 2 is 1.95 bits per heavy atom. The van der Waals surface area contributed by atoms with Gasteiger partial charge in [0, 0.05) is 11.1 Å². The fraction of sp³-hybridized carbons (Fsp3) is 0. The molecule has 0 aliphatic heterocycles. The lowest BCUT2D eigenvalue weighted by Crippen LogP contribution is -1.90. The highest BCUT2D eigenvalue weighted by Gasteiger charge is 2.03. The van der Waals surface area contributed by atoms with Gasteiger partial charge in [0.2, 0.25) is 5.88 Å². The second-order valence-electron chi connectivity index (χ2n) is 3.94. The maximum Gasteiger partial charge on any atom is 0.238 e. The normalized spacial score (nSPS) is 10.6. The van der Waals surface area contributed by atoms with Gasteiger partial charge in [-0.2, -0.15) is 0 Å². The van der Waals surface area contributed by atoms with Crippen molar-refractivity contribution in [3.8, 4) is 17.4 Å². The highest BCUT2D eigenvalue weighted by molar-refractivity contribution is 6.31. The number of nitrogens with zero attached hydrogens (tertiary/aromatic N) is 2. The molecule has 0 spiro atoms. The van der Waals surface area contributed by atoms with Crippen molar-refractivity contribution in [3.05, 3.63) is 53.7 Å². The van der Waals surface area contributed by atoms with Crippen LogP contribution < -0.4 is 4.74 Å². The van der Waals surface area contributed by atoms with Crippen LogP contribution in [0.2, 0.25) is 5.02 Å². The summed E-state index contributed by atoms with van der Waals surface area (Å²) in [5, 5.41) is 9.98. The van der Waals surface area contributed by atoms with Crippen LogP contribution in [0.15, 0.2) is 48.7 Å². The van der Waals surface area contributed by atoms with Gasteiger partial charge in [0.1, 0.15) is 11.5 Å². The number of phenols is 1. The Labute approximate surface area is 114 Å². The quantitative estimate of drug-likeness (QED) is 0.771. The Morgan fingerprint density at radius 1 is 1.05 bits per heavy atom. The molecule has 1 heterocycles. The zero-order valence-electron chi connectivity index (χ0n) is 9.75. The van der Waals surface area contributed by atoms with Crippen LogP contribution in [0, 0.1) is 0 Å². The summed E-state index contributed by atoms with van der Waals surface area (Å²) in [6.07, 6.45) is 1.52. The Morgan fingerprint density at radius 3 is 2.79 bits per heavy atom. The van der Waals surface area contributed by atoms with E-state index in [2.05, 4.69) is 9.97 Å². The summed E-state index contributed by atoms with van der Waals surface area (Å²) in [4.78, 5) is 8.54. The predicted octanol–water partition coefficient (Wildman–Crippen LogP) is 3.78. The fourth-order valence-electron chi connectivity index (χ4n) is 1.68. The van der Waals surface area contributed by atoms with E-state index in [1.54, 1.807) is 36.4 Å². The van der Waals surface area contributed by atoms with Crippen LogP contribution in [0.1, 0.15) is 0 Å². The second-order valence-corrected chi connectivity index (χ2v) is 4.38. The van der Waals surface area contributed by atoms with Crippen molar-refractivity contribution < 1.29 is 9.84 Å². The van der Waals surface area contributed by atoms with E-state index in [4.69, 9.17) is 16.3 Å². The van der Waals surface area contributed by atoms with E-state index in [0.29, 0.717) is 27.7 Å². The zero-order valence-corrected chi connectivity index (χ0v) is 10.5. The van der Waals surface area contributed by atoms with Crippen molar-refractivity contribution in [1.29, 1.82) is 0 Å². The molecule has 0 unspecified atom stereocenters. The van der Waals surface area contributed by atoms with E-state index in [1.165, 1.54) is 12.3 Å². The maximum absolute atomic E-state index is 9.36. The Bertz CT molecular complexity index is 746. The first-order chi connectivity index (χ1) is 9.20. The van der Waals surface area contributed by atoms with Gasteiger partial charge in [-0.05, 0) is 30.3 Å². The number of halogens is 1. The smallest absolute Gasteiger partial charge is 0.238 e. The topological polar surface area (TPSA) is 55.2 Å². The Hall–Kier alpha value is -2.33. The van der Waals surface area contributed by atoms with Crippen LogP contribution in [-0.4, -0.2) is 15.1 Å². The van der Waals surface area contributed by atoms with E-state index < -0.39 is 0 Å². The minimum atomic E-state index is 0.137. The van der Waals surface area contributed by atoms with Gasteiger partial charge >= 0.3 is 0 Å². The fourth-order valence-corrected chi connectivity index (χ4v) is 1.85. The van der Waals surface area contributed by atoms with Gasteiger partial charge in [-0.25, -0.2) is 9.97 Å². The average molecular weight is 273 g/mol. The first kappa shape index (κ1) is 11.7. The van der Waals surface area contributed by atoms with Crippen molar-refractivity contribution in [1.82, 2.24) is 9.97 Å². The minimum Gasteiger partial charge on any atom is -0.508 e. The van der Waals surface area contributed by atoms with E-state index in [9.17, 15) is 5.11 Å². The summed E-state index contributed by atoms with van der Waals surface area (Å²) in [6.45, 7) is 0. The van der Waals surface area contributed by atoms with E-state index >= 15 is 0 Å². The number of aromatic hydroxyl groups is 1. The Balaban J connectivity index is 1.95. The highest BCUT2D eigenvalue weighted by Crippen LogP contribution is 2.24. The van der Waals surface area contributed by atoms with Crippen molar-refractivity contribution >= 4 is 22.6 Å². The number of hydrogen-bond acceptors (Lipinski definition) is 4. The van der Waals surface area contributed by atoms with E-state index in [0.717, 1.165) is 0 Å². The van der Waals surface area contributed by atoms with Gasteiger partial charge < -0.3 is 9.84 Å². The summed E-state index contributed by atoms with van der Waals surface area (Å²) >= 11 is 5.88. The van der Waals surface area contributed by atoms with Crippen LogP contribution in [0.25, 0.3) is 11.0 Å². The molecule has 3 rings (SSSR count). The molecule has 2 aromatic carbocycles. The van der Waals surface area contributed by atoms with Crippen molar-refractivity contribution in [2.45, 2.75) is 0 Å². The summed E-state index contributed by atoms with van der Waals surface area (Å²) in [5.41, 5.74) is 1.40. The van der Waals surface area contributed by atoms with Crippen molar-refractivity contribution in [3.63, 3.8) is 0 Å². The van der Waals surface area contributed by atoms with Crippen LogP contribution >= 0.6 is 11.6 Å². The van der Waals surface area contributed by atoms with Crippen molar-refractivity contribution in [2.24, 2.45) is 0 Å². The molecule has 5 heteroatoms. The van der Waals surface area contributed by atoms with Crippen LogP contribution in [0.4, 0.5) is 0 Å². The highest BCUT2D eigenvalue weighted by atomic mass is 35.5. The molecule has 0 saturated carbocycles. The minimum absolute atomic E-state index is 0.137. The number of hydrogen-bond donors (Lipinski definition) is 1. The average Bonchev–Trinajstić information content (AvgIpc) is 2.39. The SMILES string of the molecule is Oc1cccc(Oc2cnc3cc(Cl)ccc3n2)c1. The molecular formula is C14H9ClN2O2. The molecule has 3 aromatic rings. The zero-order chi connectivity index (χ0) is 13.2. The number of aromatic nitrogens is 2. The van der Waals surface area contributed by atoms with Crippen LogP contribution in [0.5, 0.6) is 17.4 Å². The molecule has 4 nitrogen and oxygen atoms in total. The van der Waals surface area contributed by atoms with Gasteiger partial charge in [0.25, 0.3) is 0 Å². The lowest BCUT2D eigenvalue weighted by molar-refractivity contribution is 0.445. The third-order valence-corrected chi connectivity index (χ3v) is 2.76. The third-order valence-electron chi connectivity index (χ3n) is 2.52. The lowest BCUT2D eigenvalue weighted by Gasteiger charge is -2.05. The molecule has 0 fully saturated rings. The molecule has 0 atom stereocenters. The number of phenolic OH excluding ortho intramolecular Hbond substituents is 1. The molecule has 1 N–H and O–H groups in total. The maximum atomic E-state index is 9.36. The first-order valence-corrected chi connectivity index (χ1v) is 5.98. The number of rotatable bonds is 2. The second kappa shape index (κ2) is 4.74. The third kappa shape index (κ3) is 2.58. The summed E-state index contributed by atoms with van der Waals surface area (Å²) in [5.74, 6) is 1.00. The summed E-state index contributed by atoms with van der Waals surface area (Å²) in [6, 6.07) is 11.8. The molecule has 1 aromatic heterocycles. The van der Waals surface area contributed by atoms with Gasteiger partial charge in [-0.3, -0.25) is 0 Å². The monoisotopic (exact) mass is 272 g/mol.